The van der Waals surface area contributed by atoms with Crippen molar-refractivity contribution in [1.29, 1.82) is 0 Å². The lowest BCUT2D eigenvalue weighted by Crippen LogP contribution is -2.10. The highest BCUT2D eigenvalue weighted by molar-refractivity contribution is 9.10. The first-order valence-corrected chi connectivity index (χ1v) is 5.85. The van der Waals surface area contributed by atoms with Gasteiger partial charge in [-0.1, -0.05) is 12.1 Å². The molecule has 2 aromatic rings. The number of hydrogen-bond donors (Lipinski definition) is 0. The predicted molar refractivity (Wildman–Crippen MR) is 61.9 cm³/mol. The summed E-state index contributed by atoms with van der Waals surface area (Å²) < 4.78 is 8.57. The summed E-state index contributed by atoms with van der Waals surface area (Å²) >= 11 is 3.57. The molecule has 0 aliphatic carbocycles. The summed E-state index contributed by atoms with van der Waals surface area (Å²) in [5.74, 6) is 0. The molecule has 1 aromatic heterocycles. The van der Waals surface area contributed by atoms with Gasteiger partial charge in [-0.25, -0.2) is 0 Å². The molecule has 0 N–H and O–H groups in total. The molecule has 0 bridgehead atoms. The number of rotatable bonds is 1. The van der Waals surface area contributed by atoms with Crippen molar-refractivity contribution in [3.05, 3.63) is 28.9 Å². The average Bonchev–Trinajstić information content (AvgIpc) is 2.85. The summed E-state index contributed by atoms with van der Waals surface area (Å²) in [6, 6.07) is 6.56. The molecule has 0 saturated carbocycles. The third-order valence-electron chi connectivity index (χ3n) is 2.82. The molecule has 1 atom stereocenters. The van der Waals surface area contributed by atoms with Crippen molar-refractivity contribution < 1.29 is 4.74 Å². The molecule has 2 heterocycles. The Morgan fingerprint density at radius 2 is 2.40 bits per heavy atom. The zero-order valence-corrected chi connectivity index (χ0v) is 9.77. The van der Waals surface area contributed by atoms with Crippen LogP contribution in [0.2, 0.25) is 0 Å². The van der Waals surface area contributed by atoms with Crippen molar-refractivity contribution in [1.82, 2.24) is 9.78 Å². The Morgan fingerprint density at radius 1 is 1.47 bits per heavy atom. The van der Waals surface area contributed by atoms with Crippen LogP contribution in [0.5, 0.6) is 0 Å². The van der Waals surface area contributed by atoms with E-state index in [1.165, 1.54) is 10.9 Å². The number of halogens is 1. The molecule has 4 heteroatoms. The largest absolute Gasteiger partial charge is 0.379 e. The van der Waals surface area contributed by atoms with Gasteiger partial charge >= 0.3 is 0 Å². The first kappa shape index (κ1) is 9.36. The molecule has 1 saturated heterocycles. The number of nitrogens with zero attached hydrogens (tertiary/aromatic N) is 2. The van der Waals surface area contributed by atoms with Crippen molar-refractivity contribution in [3.63, 3.8) is 0 Å². The maximum absolute atomic E-state index is 5.39. The molecule has 1 unspecified atom stereocenters. The summed E-state index contributed by atoms with van der Waals surface area (Å²) in [5.41, 5.74) is 1.17. The fraction of sp³-hybridized carbons (Fsp3) is 0.364. The lowest BCUT2D eigenvalue weighted by atomic mass is 10.2. The van der Waals surface area contributed by atoms with E-state index >= 15 is 0 Å². The minimum absolute atomic E-state index is 0.390. The van der Waals surface area contributed by atoms with Gasteiger partial charge in [-0.2, -0.15) is 5.10 Å². The second kappa shape index (κ2) is 3.61. The lowest BCUT2D eigenvalue weighted by molar-refractivity contribution is 0.185. The van der Waals surface area contributed by atoms with E-state index in [1.807, 2.05) is 12.3 Å². The van der Waals surface area contributed by atoms with Crippen molar-refractivity contribution in [2.45, 2.75) is 12.5 Å². The maximum Gasteiger partial charge on any atom is 0.0828 e. The van der Waals surface area contributed by atoms with Crippen LogP contribution in [0.15, 0.2) is 28.9 Å². The van der Waals surface area contributed by atoms with Crippen molar-refractivity contribution in [2.75, 3.05) is 13.2 Å². The average molecular weight is 267 g/mol. The van der Waals surface area contributed by atoms with Gasteiger partial charge in [-0.3, -0.25) is 4.68 Å². The van der Waals surface area contributed by atoms with Crippen LogP contribution < -0.4 is 0 Å². The fourth-order valence-electron chi connectivity index (χ4n) is 2.05. The molecule has 3 rings (SSSR count). The molecular weight excluding hydrogens is 256 g/mol. The second-order valence-corrected chi connectivity index (χ2v) is 4.64. The number of benzene rings is 1. The van der Waals surface area contributed by atoms with E-state index in [-0.39, 0.29) is 0 Å². The van der Waals surface area contributed by atoms with Crippen molar-refractivity contribution in [3.8, 4) is 0 Å². The molecule has 1 aliphatic heterocycles. The summed E-state index contributed by atoms with van der Waals surface area (Å²) in [5, 5.41) is 5.62. The van der Waals surface area contributed by atoms with Gasteiger partial charge in [0.05, 0.1) is 24.4 Å². The molecule has 3 nitrogen and oxygen atoms in total. The topological polar surface area (TPSA) is 27.1 Å². The third kappa shape index (κ3) is 1.48. The van der Waals surface area contributed by atoms with Gasteiger partial charge < -0.3 is 4.74 Å². The highest BCUT2D eigenvalue weighted by Gasteiger charge is 2.20. The van der Waals surface area contributed by atoms with Crippen molar-refractivity contribution in [2.24, 2.45) is 0 Å². The summed E-state index contributed by atoms with van der Waals surface area (Å²) in [6.07, 6.45) is 2.97. The van der Waals surface area contributed by atoms with Crippen molar-refractivity contribution >= 4 is 26.8 Å². The number of aromatic nitrogens is 2. The number of fused-ring (bicyclic) bond motifs is 1. The van der Waals surface area contributed by atoms with Gasteiger partial charge in [-0.15, -0.1) is 0 Å². The first-order chi connectivity index (χ1) is 7.36. The zero-order valence-electron chi connectivity index (χ0n) is 8.19. The smallest absolute Gasteiger partial charge is 0.0828 e. The maximum atomic E-state index is 5.39. The van der Waals surface area contributed by atoms with E-state index in [4.69, 9.17) is 4.74 Å². The molecule has 78 valence electrons. The van der Waals surface area contributed by atoms with Crippen LogP contribution in [-0.2, 0) is 4.74 Å². The van der Waals surface area contributed by atoms with Gasteiger partial charge in [0.1, 0.15) is 0 Å². The van der Waals surface area contributed by atoms with E-state index in [1.54, 1.807) is 0 Å². The van der Waals surface area contributed by atoms with Crippen LogP contribution in [-0.4, -0.2) is 23.0 Å². The third-order valence-corrected chi connectivity index (χ3v) is 3.46. The quantitative estimate of drug-likeness (QED) is 0.794. The Bertz CT molecular complexity index is 488. The molecule has 0 spiro atoms. The van der Waals surface area contributed by atoms with Gasteiger partial charge in [0.2, 0.25) is 0 Å². The van der Waals surface area contributed by atoms with Gasteiger partial charge in [0.25, 0.3) is 0 Å². The Labute approximate surface area is 96.2 Å². The molecular formula is C11H11BrN2O. The molecule has 0 amide bonds. The Kier molecular flexibility index (Phi) is 2.25. The Balaban J connectivity index is 2.18. The van der Waals surface area contributed by atoms with E-state index in [2.05, 4.69) is 37.8 Å². The van der Waals surface area contributed by atoms with Crippen LogP contribution >= 0.6 is 15.9 Å². The highest BCUT2D eigenvalue weighted by Crippen LogP contribution is 2.28. The van der Waals surface area contributed by atoms with Crippen LogP contribution in [0.3, 0.4) is 0 Å². The summed E-state index contributed by atoms with van der Waals surface area (Å²) in [7, 11) is 0. The fourth-order valence-corrected chi connectivity index (χ4v) is 2.62. The van der Waals surface area contributed by atoms with E-state index in [0.717, 1.165) is 24.1 Å². The minimum atomic E-state index is 0.390. The molecule has 1 fully saturated rings. The normalized spacial score (nSPS) is 21.3. The van der Waals surface area contributed by atoms with Crippen LogP contribution in [0.1, 0.15) is 12.5 Å². The first-order valence-electron chi connectivity index (χ1n) is 5.06. The Hall–Kier alpha value is -0.870. The second-order valence-electron chi connectivity index (χ2n) is 3.78. The Morgan fingerprint density at radius 3 is 3.20 bits per heavy atom. The van der Waals surface area contributed by atoms with E-state index < -0.39 is 0 Å². The summed E-state index contributed by atoms with van der Waals surface area (Å²) in [4.78, 5) is 0. The molecule has 1 aliphatic rings. The highest BCUT2D eigenvalue weighted by atomic mass is 79.9. The lowest BCUT2D eigenvalue weighted by Gasteiger charge is -2.10. The molecule has 15 heavy (non-hydrogen) atoms. The van der Waals surface area contributed by atoms with Gasteiger partial charge in [-0.05, 0) is 28.4 Å². The number of hydrogen-bond acceptors (Lipinski definition) is 2. The van der Waals surface area contributed by atoms with Crippen LogP contribution in [0, 0.1) is 0 Å². The zero-order chi connectivity index (χ0) is 10.3. The standard InChI is InChI=1S/C11H11BrN2O/c12-10-3-1-2-8-6-13-14(11(8)10)9-4-5-15-7-9/h1-3,6,9H,4-5,7H2. The van der Waals surface area contributed by atoms with Gasteiger partial charge in [0.15, 0.2) is 0 Å². The molecule has 1 aromatic carbocycles. The summed E-state index contributed by atoms with van der Waals surface area (Å²) in [6.45, 7) is 1.62. The van der Waals surface area contributed by atoms with E-state index in [9.17, 15) is 0 Å². The number of para-hydroxylation sites is 1. The SMILES string of the molecule is Brc1cccc2cnn(C3CCOC3)c12. The minimum Gasteiger partial charge on any atom is -0.379 e. The molecule has 0 radical (unpaired) electrons. The van der Waals surface area contributed by atoms with Gasteiger partial charge in [0, 0.05) is 16.5 Å². The number of ether oxygens (including phenoxy) is 1. The predicted octanol–water partition coefficient (Wildman–Crippen LogP) is 2.76. The van der Waals surface area contributed by atoms with E-state index in [0.29, 0.717) is 6.04 Å². The van der Waals surface area contributed by atoms with Crippen LogP contribution in [0.25, 0.3) is 10.9 Å². The van der Waals surface area contributed by atoms with Crippen LogP contribution in [0.4, 0.5) is 0 Å². The monoisotopic (exact) mass is 266 g/mol.